The average Bonchev–Trinajstić information content (AvgIpc) is 2.43. The lowest BCUT2D eigenvalue weighted by atomic mass is 10.1. The number of nitrogens with zero attached hydrogens (tertiary/aromatic N) is 2. The van der Waals surface area contributed by atoms with Gasteiger partial charge in [0, 0.05) is 25.1 Å². The second-order valence-corrected chi connectivity index (χ2v) is 6.21. The topological polar surface area (TPSA) is 52.7 Å². The van der Waals surface area contributed by atoms with Crippen LogP contribution >= 0.6 is 28.1 Å². The fourth-order valence-electron chi connectivity index (χ4n) is 2.12. The van der Waals surface area contributed by atoms with E-state index in [0.29, 0.717) is 6.54 Å². The Balaban J connectivity index is 2.39. The van der Waals surface area contributed by atoms with Gasteiger partial charge in [-0.25, -0.2) is 0 Å². The summed E-state index contributed by atoms with van der Waals surface area (Å²) < 4.78 is 0.887. The van der Waals surface area contributed by atoms with Crippen LogP contribution in [0.2, 0.25) is 0 Å². The van der Waals surface area contributed by atoms with Crippen molar-refractivity contribution in [1.29, 1.82) is 0 Å². The number of thiocarbonyl (C=S) groups is 1. The number of benzene rings is 1. The summed E-state index contributed by atoms with van der Waals surface area (Å²) in [5.74, 6) is -0.837. The summed E-state index contributed by atoms with van der Waals surface area (Å²) in [5.41, 5.74) is 1.86. The van der Waals surface area contributed by atoms with Gasteiger partial charge < -0.3 is 4.90 Å². The molecule has 2 amide bonds. The molecule has 0 atom stereocenters. The van der Waals surface area contributed by atoms with Crippen LogP contribution in [0.5, 0.6) is 0 Å². The Morgan fingerprint density at radius 2 is 2.05 bits per heavy atom. The molecule has 2 rings (SSSR count). The van der Waals surface area contributed by atoms with Crippen LogP contribution in [0.1, 0.15) is 12.5 Å². The van der Waals surface area contributed by atoms with Gasteiger partial charge >= 0.3 is 0 Å². The van der Waals surface area contributed by atoms with Crippen molar-refractivity contribution >= 4 is 56.8 Å². The molecule has 1 aromatic carbocycles. The third kappa shape index (κ3) is 3.20. The second-order valence-electron chi connectivity index (χ2n) is 4.97. The largest absolute Gasteiger partial charge is 0.377 e. The molecular weight excluding hydrogens is 366 g/mol. The van der Waals surface area contributed by atoms with Crippen molar-refractivity contribution in [2.24, 2.45) is 0 Å². The molecule has 5 nitrogen and oxygen atoms in total. The first-order valence-electron chi connectivity index (χ1n) is 6.71. The molecule has 0 unspecified atom stereocenters. The second kappa shape index (κ2) is 6.58. The number of likely N-dealkylation sites (N-methyl/N-ethyl adjacent to an activating group) is 1. The molecule has 0 aliphatic carbocycles. The lowest BCUT2D eigenvalue weighted by Gasteiger charge is -2.27. The highest BCUT2D eigenvalue weighted by atomic mass is 79.9. The fourth-order valence-corrected chi connectivity index (χ4v) is 3.18. The number of nitrogens with one attached hydrogen (secondary N) is 1. The lowest BCUT2D eigenvalue weighted by molar-refractivity contribution is -0.128. The predicted molar refractivity (Wildman–Crippen MR) is 94.6 cm³/mol. The van der Waals surface area contributed by atoms with E-state index in [9.17, 15) is 9.59 Å². The SMILES string of the molecule is CCN1C(=O)/C(=C\c2ccc(N(C)C)c(Br)c2)C(=O)NC1=S. The zero-order chi connectivity index (χ0) is 16.4. The van der Waals surface area contributed by atoms with E-state index in [1.807, 2.05) is 44.1 Å². The number of halogens is 1. The summed E-state index contributed by atoms with van der Waals surface area (Å²) in [7, 11) is 3.88. The fraction of sp³-hybridized carbons (Fsp3) is 0.267. The van der Waals surface area contributed by atoms with Crippen LogP contribution in [-0.2, 0) is 9.59 Å². The molecular formula is C15H16BrN3O2S. The smallest absolute Gasteiger partial charge is 0.265 e. The molecule has 0 radical (unpaired) electrons. The molecule has 1 aliphatic rings. The Kier molecular flexibility index (Phi) is 4.97. The number of anilines is 1. The van der Waals surface area contributed by atoms with E-state index in [2.05, 4.69) is 21.2 Å². The maximum absolute atomic E-state index is 12.3. The van der Waals surface area contributed by atoms with Gasteiger partial charge in [0.05, 0.1) is 5.69 Å². The van der Waals surface area contributed by atoms with Crippen molar-refractivity contribution in [2.75, 3.05) is 25.5 Å². The molecule has 0 aromatic heterocycles. The number of rotatable bonds is 3. The molecule has 7 heteroatoms. The molecule has 1 fully saturated rings. The van der Waals surface area contributed by atoms with Crippen LogP contribution in [0.25, 0.3) is 6.08 Å². The Morgan fingerprint density at radius 1 is 1.36 bits per heavy atom. The molecule has 22 heavy (non-hydrogen) atoms. The maximum Gasteiger partial charge on any atom is 0.265 e. The van der Waals surface area contributed by atoms with E-state index in [0.717, 1.165) is 15.7 Å². The minimum absolute atomic E-state index is 0.0833. The Hall–Kier alpha value is -1.73. The van der Waals surface area contributed by atoms with Gasteiger partial charge in [0.15, 0.2) is 5.11 Å². The van der Waals surface area contributed by atoms with Crippen molar-refractivity contribution in [2.45, 2.75) is 6.92 Å². The zero-order valence-electron chi connectivity index (χ0n) is 12.5. The Bertz CT molecular complexity index is 685. The van der Waals surface area contributed by atoms with Gasteiger partial charge in [0.1, 0.15) is 5.57 Å². The standard InChI is InChI=1S/C15H16BrN3O2S/c1-4-19-14(21)10(13(20)17-15(19)22)7-9-5-6-12(18(2)3)11(16)8-9/h5-8H,4H2,1-3H3,(H,17,20,22)/b10-7-. The van der Waals surface area contributed by atoms with E-state index in [-0.39, 0.29) is 16.6 Å². The number of amides is 2. The first kappa shape index (κ1) is 16.6. The monoisotopic (exact) mass is 381 g/mol. The number of carbonyl (C=O) groups excluding carboxylic acids is 2. The van der Waals surface area contributed by atoms with Gasteiger partial charge in [-0.2, -0.15) is 0 Å². The van der Waals surface area contributed by atoms with E-state index in [1.54, 1.807) is 6.08 Å². The molecule has 1 aromatic rings. The number of hydrogen-bond acceptors (Lipinski definition) is 4. The summed E-state index contributed by atoms with van der Waals surface area (Å²) in [6.07, 6.45) is 1.58. The highest BCUT2D eigenvalue weighted by Crippen LogP contribution is 2.27. The van der Waals surface area contributed by atoms with E-state index in [4.69, 9.17) is 12.2 Å². The maximum atomic E-state index is 12.3. The van der Waals surface area contributed by atoms with Gasteiger partial charge in [0.25, 0.3) is 11.8 Å². The highest BCUT2D eigenvalue weighted by Gasteiger charge is 2.32. The van der Waals surface area contributed by atoms with Gasteiger partial charge in [-0.1, -0.05) is 6.07 Å². The number of hydrogen-bond donors (Lipinski definition) is 1. The van der Waals surface area contributed by atoms with E-state index >= 15 is 0 Å². The Morgan fingerprint density at radius 3 is 2.59 bits per heavy atom. The van der Waals surface area contributed by atoms with Crippen LogP contribution in [-0.4, -0.2) is 42.5 Å². The van der Waals surface area contributed by atoms with Crippen LogP contribution in [0.4, 0.5) is 5.69 Å². The minimum Gasteiger partial charge on any atom is -0.377 e. The first-order chi connectivity index (χ1) is 10.3. The van der Waals surface area contributed by atoms with E-state index in [1.165, 1.54) is 4.90 Å². The van der Waals surface area contributed by atoms with Crippen molar-refractivity contribution in [3.63, 3.8) is 0 Å². The quantitative estimate of drug-likeness (QED) is 0.495. The molecule has 0 saturated carbocycles. The van der Waals surface area contributed by atoms with Crippen LogP contribution in [0, 0.1) is 0 Å². The Labute approximate surface area is 143 Å². The van der Waals surface area contributed by atoms with Gasteiger partial charge in [0.2, 0.25) is 0 Å². The molecule has 1 heterocycles. The highest BCUT2D eigenvalue weighted by molar-refractivity contribution is 9.10. The normalized spacial score (nSPS) is 17.0. The lowest BCUT2D eigenvalue weighted by Crippen LogP contribution is -2.53. The molecule has 116 valence electrons. The third-order valence-corrected chi connectivity index (χ3v) is 4.22. The van der Waals surface area contributed by atoms with Crippen LogP contribution in [0.3, 0.4) is 0 Å². The zero-order valence-corrected chi connectivity index (χ0v) is 14.9. The summed E-state index contributed by atoms with van der Waals surface area (Å²) in [5, 5.41) is 2.69. The summed E-state index contributed by atoms with van der Waals surface area (Å²) in [6, 6.07) is 5.65. The molecule has 1 saturated heterocycles. The summed E-state index contributed by atoms with van der Waals surface area (Å²) >= 11 is 8.49. The number of carbonyl (C=O) groups is 2. The van der Waals surface area contributed by atoms with Crippen molar-refractivity contribution in [1.82, 2.24) is 10.2 Å². The summed E-state index contributed by atoms with van der Waals surface area (Å²) in [4.78, 5) is 27.7. The van der Waals surface area contributed by atoms with Crippen molar-refractivity contribution < 1.29 is 9.59 Å². The molecule has 0 spiro atoms. The van der Waals surface area contributed by atoms with Crippen molar-refractivity contribution in [3.8, 4) is 0 Å². The van der Waals surface area contributed by atoms with Crippen LogP contribution in [0.15, 0.2) is 28.2 Å². The molecule has 1 N–H and O–H groups in total. The first-order valence-corrected chi connectivity index (χ1v) is 7.91. The van der Waals surface area contributed by atoms with Crippen molar-refractivity contribution in [3.05, 3.63) is 33.8 Å². The third-order valence-electron chi connectivity index (χ3n) is 3.27. The average molecular weight is 382 g/mol. The molecule has 1 aliphatic heterocycles. The minimum atomic E-state index is -0.465. The summed E-state index contributed by atoms with van der Waals surface area (Å²) in [6.45, 7) is 2.22. The van der Waals surface area contributed by atoms with Crippen LogP contribution < -0.4 is 10.2 Å². The van der Waals surface area contributed by atoms with Gasteiger partial charge in [-0.05, 0) is 58.8 Å². The molecule has 0 bridgehead atoms. The van der Waals surface area contributed by atoms with Gasteiger partial charge in [-0.3, -0.25) is 19.8 Å². The predicted octanol–water partition coefficient (Wildman–Crippen LogP) is 2.16. The van der Waals surface area contributed by atoms with E-state index < -0.39 is 5.91 Å². The van der Waals surface area contributed by atoms with Gasteiger partial charge in [-0.15, -0.1) is 0 Å².